The largest absolute Gasteiger partial charge is 0.490 e. The van der Waals surface area contributed by atoms with E-state index in [9.17, 15) is 9.18 Å². The number of carbonyl (C=O) groups is 1. The van der Waals surface area contributed by atoms with Gasteiger partial charge in [-0.2, -0.15) is 0 Å². The van der Waals surface area contributed by atoms with Crippen molar-refractivity contribution in [1.29, 1.82) is 0 Å². The van der Waals surface area contributed by atoms with E-state index >= 15 is 0 Å². The van der Waals surface area contributed by atoms with E-state index in [1.165, 1.54) is 18.5 Å². The third kappa shape index (κ3) is 7.13. The van der Waals surface area contributed by atoms with Gasteiger partial charge in [0, 0.05) is 55.4 Å². The number of halogens is 2. The first kappa shape index (κ1) is 28.4. The van der Waals surface area contributed by atoms with Crippen molar-refractivity contribution in [2.75, 3.05) is 58.6 Å². The molecule has 2 fully saturated rings. The highest BCUT2D eigenvalue weighted by atomic mass is 35.5. The van der Waals surface area contributed by atoms with Crippen molar-refractivity contribution in [2.45, 2.75) is 25.0 Å². The summed E-state index contributed by atoms with van der Waals surface area (Å²) in [5, 5.41) is 3.86. The van der Waals surface area contributed by atoms with E-state index in [-0.39, 0.29) is 29.9 Å². The molecular weight excluding hydrogens is 539 g/mol. The van der Waals surface area contributed by atoms with Gasteiger partial charge in [0.15, 0.2) is 5.78 Å². The average molecular weight is 571 g/mol. The van der Waals surface area contributed by atoms with Crippen molar-refractivity contribution < 1.29 is 28.1 Å². The van der Waals surface area contributed by atoms with Crippen LogP contribution in [0, 0.1) is 5.82 Å². The molecule has 0 radical (unpaired) electrons. The topological polar surface area (TPSA) is 95.0 Å². The van der Waals surface area contributed by atoms with E-state index in [1.807, 2.05) is 12.1 Å². The summed E-state index contributed by atoms with van der Waals surface area (Å²) < 4.78 is 36.3. The predicted molar refractivity (Wildman–Crippen MR) is 150 cm³/mol. The van der Waals surface area contributed by atoms with Crippen LogP contribution in [0.1, 0.15) is 12.0 Å². The number of ketones is 1. The highest BCUT2D eigenvalue weighted by Crippen LogP contribution is 2.31. The fraction of sp³-hybridized carbons (Fsp3) is 0.414. The van der Waals surface area contributed by atoms with Crippen LogP contribution in [0.5, 0.6) is 5.75 Å². The highest BCUT2D eigenvalue weighted by Gasteiger charge is 2.26. The Hall–Kier alpha value is -3.15. The van der Waals surface area contributed by atoms with Crippen LogP contribution in [0.25, 0.3) is 10.9 Å². The fourth-order valence-corrected chi connectivity index (χ4v) is 4.89. The van der Waals surface area contributed by atoms with Gasteiger partial charge in [-0.3, -0.25) is 9.69 Å². The van der Waals surface area contributed by atoms with E-state index in [0.29, 0.717) is 72.7 Å². The second-order valence-corrected chi connectivity index (χ2v) is 10.2. The molecule has 0 bridgehead atoms. The first-order valence-corrected chi connectivity index (χ1v) is 13.6. The van der Waals surface area contributed by atoms with Gasteiger partial charge in [0.05, 0.1) is 37.0 Å². The number of likely N-dealkylation sites (tertiary alicyclic amines) is 1. The first-order chi connectivity index (χ1) is 19.5. The number of allylic oxidation sites excluding steroid dienone is 1. The lowest BCUT2D eigenvalue weighted by molar-refractivity contribution is -0.114. The normalized spacial score (nSPS) is 19.6. The lowest BCUT2D eigenvalue weighted by Gasteiger charge is -2.39. The summed E-state index contributed by atoms with van der Waals surface area (Å²) in [7, 11) is 1.70. The molecule has 0 aliphatic carbocycles. The van der Waals surface area contributed by atoms with Crippen molar-refractivity contribution in [3.05, 3.63) is 65.2 Å². The smallest absolute Gasteiger partial charge is 0.159 e. The molecule has 5 rings (SSSR count). The van der Waals surface area contributed by atoms with Gasteiger partial charge in [-0.25, -0.2) is 14.4 Å². The highest BCUT2D eigenvalue weighted by molar-refractivity contribution is 6.31. The second-order valence-electron chi connectivity index (χ2n) is 9.77. The number of rotatable bonds is 12. The van der Waals surface area contributed by atoms with Crippen molar-refractivity contribution in [2.24, 2.45) is 0 Å². The zero-order valence-electron chi connectivity index (χ0n) is 22.3. The molecule has 212 valence electrons. The van der Waals surface area contributed by atoms with Crippen molar-refractivity contribution in [3.8, 4) is 5.75 Å². The summed E-state index contributed by atoms with van der Waals surface area (Å²) in [6.07, 6.45) is 5.98. The van der Waals surface area contributed by atoms with Crippen LogP contribution in [0.15, 0.2) is 48.8 Å². The Morgan fingerprint density at radius 2 is 2.15 bits per heavy atom. The molecule has 1 aromatic heterocycles. The van der Waals surface area contributed by atoms with Crippen LogP contribution in [0.4, 0.5) is 15.9 Å². The Kier molecular flexibility index (Phi) is 9.56. The number of anilines is 2. The molecular formula is C29H32ClFN4O5. The van der Waals surface area contributed by atoms with Crippen LogP contribution in [-0.4, -0.2) is 86.0 Å². The van der Waals surface area contributed by atoms with E-state index in [2.05, 4.69) is 20.2 Å². The minimum absolute atomic E-state index is 0.00204. The molecule has 2 aliphatic heterocycles. The maximum absolute atomic E-state index is 13.7. The molecule has 9 nitrogen and oxygen atoms in total. The molecule has 11 heteroatoms. The van der Waals surface area contributed by atoms with Crippen LogP contribution >= 0.6 is 11.6 Å². The number of fused-ring (bicyclic) bond motifs is 1. The third-order valence-electron chi connectivity index (χ3n) is 6.94. The average Bonchev–Trinajstić information content (AvgIpc) is 2.95. The van der Waals surface area contributed by atoms with Gasteiger partial charge < -0.3 is 24.3 Å². The molecule has 0 spiro atoms. The Labute approximate surface area is 237 Å². The Morgan fingerprint density at radius 3 is 2.90 bits per heavy atom. The number of benzene rings is 2. The van der Waals surface area contributed by atoms with E-state index in [0.717, 1.165) is 13.0 Å². The lowest BCUT2D eigenvalue weighted by atomic mass is 10.0. The molecule has 1 N–H and O–H groups in total. The summed E-state index contributed by atoms with van der Waals surface area (Å²) >= 11 is 5.96. The summed E-state index contributed by atoms with van der Waals surface area (Å²) in [5.41, 5.74) is 1.88. The van der Waals surface area contributed by atoms with Gasteiger partial charge in [-0.15, -0.1) is 0 Å². The van der Waals surface area contributed by atoms with Crippen LogP contribution < -0.4 is 10.1 Å². The number of nitrogens with zero attached hydrogens (tertiary/aromatic N) is 3. The summed E-state index contributed by atoms with van der Waals surface area (Å²) in [6.45, 7) is 4.19. The SMILES string of the molecule is COCC1CCN1C/C=C/C(=O)Cc1cc2c(Nc3ccc(F)c(Cl)c3)ncnc2cc1OC[C@@H]1COCCO1. The Balaban J connectivity index is 1.37. The zero-order valence-corrected chi connectivity index (χ0v) is 23.0. The molecule has 3 aromatic rings. The number of carbonyl (C=O) groups excluding carboxylic acids is 1. The van der Waals surface area contributed by atoms with Gasteiger partial charge in [0.1, 0.15) is 36.4 Å². The molecule has 3 heterocycles. The Bertz CT molecular complexity index is 1370. The van der Waals surface area contributed by atoms with Gasteiger partial charge in [0.25, 0.3) is 0 Å². The van der Waals surface area contributed by atoms with Crippen molar-refractivity contribution in [3.63, 3.8) is 0 Å². The van der Waals surface area contributed by atoms with Gasteiger partial charge in [-0.05, 0) is 36.8 Å². The van der Waals surface area contributed by atoms with Gasteiger partial charge in [-0.1, -0.05) is 17.7 Å². The molecule has 0 amide bonds. The number of hydrogen-bond donors (Lipinski definition) is 1. The van der Waals surface area contributed by atoms with Crippen LogP contribution in [0.3, 0.4) is 0 Å². The maximum Gasteiger partial charge on any atom is 0.159 e. The van der Waals surface area contributed by atoms with Crippen molar-refractivity contribution in [1.82, 2.24) is 14.9 Å². The third-order valence-corrected chi connectivity index (χ3v) is 7.23. The lowest BCUT2D eigenvalue weighted by Crippen LogP contribution is -2.49. The molecule has 0 saturated carbocycles. The fourth-order valence-electron chi connectivity index (χ4n) is 4.71. The predicted octanol–water partition coefficient (Wildman–Crippen LogP) is 4.35. The number of hydrogen-bond acceptors (Lipinski definition) is 9. The van der Waals surface area contributed by atoms with Crippen LogP contribution in [0.2, 0.25) is 5.02 Å². The standard InChI is InChI=1S/C29H32ClFN4O5/c1-37-15-21-6-8-35(21)7-2-3-22(36)11-19-12-24-27(14-28(19)40-17-23-16-38-9-10-39-23)32-18-33-29(24)34-20-4-5-26(31)25(30)13-20/h2-5,12-14,18,21,23H,6-11,15-17H2,1H3,(H,32,33,34)/b3-2+/t21?,23-/m0/s1. The van der Waals surface area contributed by atoms with Crippen LogP contribution in [-0.2, 0) is 25.4 Å². The number of ether oxygens (including phenoxy) is 4. The van der Waals surface area contributed by atoms with E-state index in [1.54, 1.807) is 25.3 Å². The van der Waals surface area contributed by atoms with Gasteiger partial charge in [0.2, 0.25) is 0 Å². The van der Waals surface area contributed by atoms with Crippen molar-refractivity contribution >= 4 is 39.8 Å². The molecule has 2 aliphatic rings. The Morgan fingerprint density at radius 1 is 1.25 bits per heavy atom. The quantitative estimate of drug-likeness (QED) is 0.319. The summed E-state index contributed by atoms with van der Waals surface area (Å²) in [6, 6.07) is 8.39. The number of nitrogens with one attached hydrogen (secondary N) is 1. The van der Waals surface area contributed by atoms with E-state index < -0.39 is 5.82 Å². The molecule has 2 saturated heterocycles. The zero-order chi connectivity index (χ0) is 27.9. The number of methoxy groups -OCH3 is 1. The summed E-state index contributed by atoms with van der Waals surface area (Å²) in [4.78, 5) is 24.1. The number of aromatic nitrogens is 2. The van der Waals surface area contributed by atoms with E-state index in [4.69, 9.17) is 30.5 Å². The monoisotopic (exact) mass is 570 g/mol. The van der Waals surface area contributed by atoms with Gasteiger partial charge >= 0.3 is 0 Å². The first-order valence-electron chi connectivity index (χ1n) is 13.2. The minimum atomic E-state index is -0.508. The second kappa shape index (κ2) is 13.5. The minimum Gasteiger partial charge on any atom is -0.490 e. The molecule has 40 heavy (non-hydrogen) atoms. The molecule has 1 unspecified atom stereocenters. The molecule has 2 atom stereocenters. The maximum atomic E-state index is 13.7. The molecule has 2 aromatic carbocycles. The summed E-state index contributed by atoms with van der Waals surface area (Å²) in [5.74, 6) is 0.475.